The summed E-state index contributed by atoms with van der Waals surface area (Å²) in [5, 5.41) is 0. The van der Waals surface area contributed by atoms with Crippen molar-refractivity contribution in [1.29, 1.82) is 0 Å². The molecule has 5 aliphatic heterocycles. The van der Waals surface area contributed by atoms with E-state index in [1.807, 2.05) is 12.4 Å². The normalized spacial score (nSPS) is 32.5. The Labute approximate surface area is 171 Å². The Bertz CT molecular complexity index is 894. The quantitative estimate of drug-likeness (QED) is 0.798. The summed E-state index contributed by atoms with van der Waals surface area (Å²) in [5.41, 5.74) is 2.61. The van der Waals surface area contributed by atoms with Crippen molar-refractivity contribution < 1.29 is 9.47 Å². The van der Waals surface area contributed by atoms with Crippen LogP contribution in [0.4, 0.5) is 0 Å². The number of hydrogen-bond donors (Lipinski definition) is 0. The lowest BCUT2D eigenvalue weighted by molar-refractivity contribution is -0.00874. The molecule has 0 unspecified atom stereocenters. The molecule has 7 rings (SSSR count). The Morgan fingerprint density at radius 3 is 2.62 bits per heavy atom. The first-order valence-electron chi connectivity index (χ1n) is 11.0. The van der Waals surface area contributed by atoms with Gasteiger partial charge in [-0.05, 0) is 49.5 Å². The molecule has 5 aliphatic rings. The molecule has 6 heteroatoms. The van der Waals surface area contributed by atoms with Crippen molar-refractivity contribution in [3.63, 3.8) is 0 Å². The van der Waals surface area contributed by atoms with Gasteiger partial charge in [0.25, 0.3) is 0 Å². The summed E-state index contributed by atoms with van der Waals surface area (Å²) in [5.74, 6) is 4.01. The molecule has 6 nitrogen and oxygen atoms in total. The molecular formula is C23H28N4O2. The van der Waals surface area contributed by atoms with Crippen molar-refractivity contribution in [2.24, 2.45) is 5.92 Å². The zero-order valence-corrected chi connectivity index (χ0v) is 17.0. The average molecular weight is 393 g/mol. The highest BCUT2D eigenvalue weighted by Crippen LogP contribution is 2.48. The van der Waals surface area contributed by atoms with E-state index in [1.54, 1.807) is 0 Å². The van der Waals surface area contributed by atoms with E-state index < -0.39 is 0 Å². The molecule has 29 heavy (non-hydrogen) atoms. The number of hydrogen-bond acceptors (Lipinski definition) is 6. The predicted octanol–water partition coefficient (Wildman–Crippen LogP) is 2.83. The summed E-state index contributed by atoms with van der Waals surface area (Å²) in [6.07, 6.45) is 7.59. The minimum Gasteiger partial charge on any atom is -0.454 e. The van der Waals surface area contributed by atoms with E-state index in [4.69, 9.17) is 9.47 Å². The molecule has 1 aromatic heterocycles. The third-order valence-electron chi connectivity index (χ3n) is 7.38. The SMILES string of the molecule is CCc1ncc(CN2C[C@@H](c3ccc4c(c3)OCO4)[C@@H]3[C@H]2C2CCN3CC2)cn1. The van der Waals surface area contributed by atoms with Gasteiger partial charge in [0, 0.05) is 55.5 Å². The van der Waals surface area contributed by atoms with Crippen LogP contribution in [0.2, 0.25) is 0 Å². The first kappa shape index (κ1) is 17.7. The third kappa shape index (κ3) is 2.92. The summed E-state index contributed by atoms with van der Waals surface area (Å²) in [4.78, 5) is 14.5. The first-order chi connectivity index (χ1) is 14.3. The highest BCUT2D eigenvalue weighted by Gasteiger charge is 2.53. The van der Waals surface area contributed by atoms with Crippen molar-refractivity contribution in [1.82, 2.24) is 19.8 Å². The van der Waals surface area contributed by atoms with Crippen LogP contribution in [0.1, 0.15) is 42.6 Å². The van der Waals surface area contributed by atoms with E-state index in [9.17, 15) is 0 Å². The van der Waals surface area contributed by atoms with E-state index >= 15 is 0 Å². The van der Waals surface area contributed by atoms with Crippen LogP contribution in [0.15, 0.2) is 30.6 Å². The molecule has 0 spiro atoms. The molecule has 6 heterocycles. The summed E-state index contributed by atoms with van der Waals surface area (Å²) >= 11 is 0. The van der Waals surface area contributed by atoms with Crippen molar-refractivity contribution in [2.75, 3.05) is 26.4 Å². The average Bonchev–Trinajstić information content (AvgIpc) is 3.40. The Morgan fingerprint density at radius 1 is 1.03 bits per heavy atom. The fourth-order valence-electron chi connectivity index (χ4n) is 6.04. The summed E-state index contributed by atoms with van der Waals surface area (Å²) in [6.45, 7) is 6.95. The Morgan fingerprint density at radius 2 is 1.83 bits per heavy atom. The lowest BCUT2D eigenvalue weighted by Gasteiger charge is -2.51. The lowest BCUT2D eigenvalue weighted by atomic mass is 9.75. The first-order valence-corrected chi connectivity index (χ1v) is 11.0. The van der Waals surface area contributed by atoms with Crippen LogP contribution in [0.25, 0.3) is 0 Å². The van der Waals surface area contributed by atoms with Gasteiger partial charge in [-0.1, -0.05) is 13.0 Å². The molecule has 0 amide bonds. The van der Waals surface area contributed by atoms with Crippen molar-refractivity contribution >= 4 is 0 Å². The standard InChI is InChI=1S/C23H28N4O2/c1-2-21-24-10-15(11-25-21)12-27-13-18(17-3-4-19-20(9-17)29-14-28-19)23-22(27)16-5-7-26(23)8-6-16/h3-4,9-11,16,18,22-23H,2,5-8,12-14H2,1H3/t18-,22+,23+/m0/s1. The molecule has 4 fully saturated rings. The van der Waals surface area contributed by atoms with Gasteiger partial charge < -0.3 is 9.47 Å². The number of nitrogens with zero attached hydrogens (tertiary/aromatic N) is 4. The fraction of sp³-hybridized carbons (Fsp3) is 0.565. The van der Waals surface area contributed by atoms with Crippen molar-refractivity contribution in [2.45, 2.75) is 50.7 Å². The van der Waals surface area contributed by atoms with Crippen LogP contribution in [-0.2, 0) is 13.0 Å². The molecule has 152 valence electrons. The van der Waals surface area contributed by atoms with Crippen LogP contribution in [0.3, 0.4) is 0 Å². The smallest absolute Gasteiger partial charge is 0.231 e. The van der Waals surface area contributed by atoms with E-state index in [-0.39, 0.29) is 0 Å². The molecule has 2 aromatic rings. The van der Waals surface area contributed by atoms with E-state index in [0.717, 1.165) is 42.8 Å². The summed E-state index contributed by atoms with van der Waals surface area (Å²) < 4.78 is 11.2. The van der Waals surface area contributed by atoms with Gasteiger partial charge in [-0.15, -0.1) is 0 Å². The van der Waals surface area contributed by atoms with Gasteiger partial charge in [0.15, 0.2) is 11.5 Å². The summed E-state index contributed by atoms with van der Waals surface area (Å²) in [6, 6.07) is 7.78. The maximum atomic E-state index is 5.67. The molecule has 4 saturated heterocycles. The van der Waals surface area contributed by atoms with Crippen LogP contribution in [0, 0.1) is 5.92 Å². The largest absolute Gasteiger partial charge is 0.454 e. The predicted molar refractivity (Wildman–Crippen MR) is 109 cm³/mol. The van der Waals surface area contributed by atoms with Crippen molar-refractivity contribution in [3.8, 4) is 11.5 Å². The van der Waals surface area contributed by atoms with Crippen LogP contribution >= 0.6 is 0 Å². The Kier molecular flexibility index (Phi) is 4.24. The zero-order chi connectivity index (χ0) is 19.4. The van der Waals surface area contributed by atoms with Crippen LogP contribution in [0.5, 0.6) is 11.5 Å². The number of piperidine rings is 3. The van der Waals surface area contributed by atoms with Crippen LogP contribution in [-0.4, -0.2) is 58.3 Å². The second kappa shape index (κ2) is 6.96. The molecule has 2 bridgehead atoms. The van der Waals surface area contributed by atoms with Crippen molar-refractivity contribution in [3.05, 3.63) is 47.5 Å². The highest BCUT2D eigenvalue weighted by atomic mass is 16.7. The molecule has 0 radical (unpaired) electrons. The molecular weight excluding hydrogens is 364 g/mol. The van der Waals surface area contributed by atoms with Gasteiger partial charge in [0.2, 0.25) is 6.79 Å². The van der Waals surface area contributed by atoms with Crippen LogP contribution < -0.4 is 9.47 Å². The number of aromatic nitrogens is 2. The number of aryl methyl sites for hydroxylation is 1. The van der Waals surface area contributed by atoms with Gasteiger partial charge >= 0.3 is 0 Å². The minimum atomic E-state index is 0.337. The fourth-order valence-corrected chi connectivity index (χ4v) is 6.04. The van der Waals surface area contributed by atoms with E-state index in [0.29, 0.717) is 24.8 Å². The number of benzene rings is 1. The Balaban J connectivity index is 1.31. The second-order valence-electron chi connectivity index (χ2n) is 8.86. The number of rotatable bonds is 4. The maximum Gasteiger partial charge on any atom is 0.231 e. The third-order valence-corrected chi connectivity index (χ3v) is 7.38. The topological polar surface area (TPSA) is 50.7 Å². The second-order valence-corrected chi connectivity index (χ2v) is 8.86. The molecule has 0 aliphatic carbocycles. The maximum absolute atomic E-state index is 5.67. The zero-order valence-electron chi connectivity index (χ0n) is 17.0. The van der Waals surface area contributed by atoms with Gasteiger partial charge in [-0.3, -0.25) is 9.80 Å². The minimum absolute atomic E-state index is 0.337. The molecule has 0 N–H and O–H groups in total. The Hall–Kier alpha value is -2.18. The number of ether oxygens (including phenoxy) is 2. The highest BCUT2D eigenvalue weighted by molar-refractivity contribution is 5.46. The van der Waals surface area contributed by atoms with Gasteiger partial charge in [-0.25, -0.2) is 9.97 Å². The molecule has 3 atom stereocenters. The van der Waals surface area contributed by atoms with E-state index in [2.05, 4.69) is 44.9 Å². The molecule has 1 aromatic carbocycles. The monoisotopic (exact) mass is 392 g/mol. The van der Waals surface area contributed by atoms with E-state index in [1.165, 1.54) is 37.1 Å². The van der Waals surface area contributed by atoms with Gasteiger partial charge in [0.05, 0.1) is 0 Å². The summed E-state index contributed by atoms with van der Waals surface area (Å²) in [7, 11) is 0. The van der Waals surface area contributed by atoms with Gasteiger partial charge in [-0.2, -0.15) is 0 Å². The molecule has 0 saturated carbocycles. The number of fused-ring (bicyclic) bond motifs is 3. The lowest BCUT2D eigenvalue weighted by Crippen LogP contribution is -2.59. The number of likely N-dealkylation sites (tertiary alicyclic amines) is 1. The van der Waals surface area contributed by atoms with Gasteiger partial charge in [0.1, 0.15) is 5.82 Å².